The third-order valence-corrected chi connectivity index (χ3v) is 3.24. The van der Waals surface area contributed by atoms with Gasteiger partial charge < -0.3 is 19.3 Å². The van der Waals surface area contributed by atoms with E-state index in [0.717, 1.165) is 6.42 Å². The van der Waals surface area contributed by atoms with Crippen LogP contribution in [0.4, 0.5) is 0 Å². The molecule has 1 unspecified atom stereocenters. The third-order valence-electron chi connectivity index (χ3n) is 3.24. The standard InChI is InChI=1S/C12H24O4/c1-5-6-15-12-10(7-13)8(2)16-9(3)11(12)14-4/h8-13H,5-7H2,1-4H3/t8?,9-,10-,11-,12-/m0/s1. The fourth-order valence-corrected chi connectivity index (χ4v) is 2.35. The molecule has 0 bridgehead atoms. The van der Waals surface area contributed by atoms with Crippen LogP contribution in [0.5, 0.6) is 0 Å². The van der Waals surface area contributed by atoms with E-state index in [1.807, 2.05) is 13.8 Å². The molecular formula is C12H24O4. The Labute approximate surface area is 97.9 Å². The van der Waals surface area contributed by atoms with E-state index in [-0.39, 0.29) is 36.9 Å². The molecule has 0 amide bonds. The lowest BCUT2D eigenvalue weighted by molar-refractivity contribution is -0.219. The van der Waals surface area contributed by atoms with Gasteiger partial charge in [0.15, 0.2) is 0 Å². The third kappa shape index (κ3) is 2.94. The average Bonchev–Trinajstić information content (AvgIpc) is 2.26. The molecule has 1 fully saturated rings. The second-order valence-corrected chi connectivity index (χ2v) is 4.43. The Kier molecular flexibility index (Phi) is 5.69. The van der Waals surface area contributed by atoms with Crippen molar-refractivity contribution in [1.29, 1.82) is 0 Å². The Hall–Kier alpha value is -0.160. The predicted octanol–water partition coefficient (Wildman–Crippen LogP) is 1.21. The smallest absolute Gasteiger partial charge is 0.110 e. The number of hydrogen-bond donors (Lipinski definition) is 1. The first-order valence-electron chi connectivity index (χ1n) is 6.06. The zero-order valence-corrected chi connectivity index (χ0v) is 10.7. The lowest BCUT2D eigenvalue weighted by Crippen LogP contribution is -2.55. The van der Waals surface area contributed by atoms with Crippen LogP contribution in [0.3, 0.4) is 0 Å². The molecule has 0 radical (unpaired) electrons. The van der Waals surface area contributed by atoms with E-state index in [9.17, 15) is 5.11 Å². The number of ether oxygens (including phenoxy) is 3. The zero-order valence-electron chi connectivity index (χ0n) is 10.7. The number of aliphatic hydroxyl groups is 1. The van der Waals surface area contributed by atoms with Crippen LogP contribution in [0.2, 0.25) is 0 Å². The molecule has 16 heavy (non-hydrogen) atoms. The first-order chi connectivity index (χ1) is 7.65. The van der Waals surface area contributed by atoms with Crippen molar-refractivity contribution in [3.63, 3.8) is 0 Å². The van der Waals surface area contributed by atoms with Gasteiger partial charge in [0, 0.05) is 19.6 Å². The highest BCUT2D eigenvalue weighted by atomic mass is 16.6. The van der Waals surface area contributed by atoms with Crippen molar-refractivity contribution < 1.29 is 19.3 Å². The van der Waals surface area contributed by atoms with Gasteiger partial charge in [-0.1, -0.05) is 6.92 Å². The van der Waals surface area contributed by atoms with Crippen LogP contribution in [0.25, 0.3) is 0 Å². The summed E-state index contributed by atoms with van der Waals surface area (Å²) in [5.41, 5.74) is 0. The Balaban J connectivity index is 2.72. The molecule has 4 heteroatoms. The second kappa shape index (κ2) is 6.55. The minimum absolute atomic E-state index is 0.00431. The lowest BCUT2D eigenvalue weighted by atomic mass is 9.88. The minimum Gasteiger partial charge on any atom is -0.396 e. The van der Waals surface area contributed by atoms with Gasteiger partial charge >= 0.3 is 0 Å². The maximum Gasteiger partial charge on any atom is 0.110 e. The Bertz CT molecular complexity index is 181. The van der Waals surface area contributed by atoms with Gasteiger partial charge in [-0.15, -0.1) is 0 Å². The van der Waals surface area contributed by atoms with Crippen LogP contribution < -0.4 is 0 Å². The summed E-state index contributed by atoms with van der Waals surface area (Å²) < 4.78 is 17.0. The van der Waals surface area contributed by atoms with Gasteiger partial charge in [0.05, 0.1) is 24.9 Å². The molecule has 5 atom stereocenters. The molecule has 0 saturated carbocycles. The zero-order chi connectivity index (χ0) is 12.1. The van der Waals surface area contributed by atoms with Crippen molar-refractivity contribution in [2.45, 2.75) is 51.6 Å². The van der Waals surface area contributed by atoms with Crippen LogP contribution in [0.1, 0.15) is 27.2 Å². The summed E-state index contributed by atoms with van der Waals surface area (Å²) in [7, 11) is 1.66. The molecular weight excluding hydrogens is 208 g/mol. The molecule has 0 aromatic heterocycles. The molecule has 0 aromatic rings. The summed E-state index contributed by atoms with van der Waals surface area (Å²) in [6.45, 7) is 6.80. The highest BCUT2D eigenvalue weighted by Gasteiger charge is 2.42. The number of methoxy groups -OCH3 is 1. The molecule has 1 saturated heterocycles. The summed E-state index contributed by atoms with van der Waals surface area (Å²) in [5, 5.41) is 9.42. The molecule has 1 heterocycles. The van der Waals surface area contributed by atoms with Gasteiger partial charge in [0.1, 0.15) is 6.10 Å². The van der Waals surface area contributed by atoms with Gasteiger partial charge in [-0.3, -0.25) is 0 Å². The van der Waals surface area contributed by atoms with E-state index in [1.165, 1.54) is 0 Å². The van der Waals surface area contributed by atoms with Crippen molar-refractivity contribution in [1.82, 2.24) is 0 Å². The lowest BCUT2D eigenvalue weighted by Gasteiger charge is -2.43. The fourth-order valence-electron chi connectivity index (χ4n) is 2.35. The van der Waals surface area contributed by atoms with Crippen molar-refractivity contribution in [2.75, 3.05) is 20.3 Å². The maximum absolute atomic E-state index is 9.42. The largest absolute Gasteiger partial charge is 0.396 e. The second-order valence-electron chi connectivity index (χ2n) is 4.43. The Morgan fingerprint density at radius 2 is 1.88 bits per heavy atom. The van der Waals surface area contributed by atoms with Gasteiger partial charge in [-0.2, -0.15) is 0 Å². The van der Waals surface area contributed by atoms with E-state index < -0.39 is 0 Å². The molecule has 0 aliphatic carbocycles. The predicted molar refractivity (Wildman–Crippen MR) is 61.4 cm³/mol. The van der Waals surface area contributed by atoms with Crippen LogP contribution in [0.15, 0.2) is 0 Å². The van der Waals surface area contributed by atoms with Crippen molar-refractivity contribution in [3.8, 4) is 0 Å². The van der Waals surface area contributed by atoms with Crippen LogP contribution in [-0.4, -0.2) is 49.8 Å². The quantitative estimate of drug-likeness (QED) is 0.774. The topological polar surface area (TPSA) is 47.9 Å². The number of hydrogen-bond acceptors (Lipinski definition) is 4. The summed E-state index contributed by atoms with van der Waals surface area (Å²) in [6.07, 6.45) is 0.806. The molecule has 1 rings (SSSR count). The number of rotatable bonds is 5. The molecule has 1 N–H and O–H groups in total. The number of aliphatic hydroxyl groups excluding tert-OH is 1. The van der Waals surface area contributed by atoms with Crippen molar-refractivity contribution in [3.05, 3.63) is 0 Å². The first-order valence-corrected chi connectivity index (χ1v) is 6.06. The van der Waals surface area contributed by atoms with Gasteiger partial charge in [-0.25, -0.2) is 0 Å². The molecule has 1 aliphatic rings. The van der Waals surface area contributed by atoms with E-state index in [0.29, 0.717) is 6.61 Å². The molecule has 0 aromatic carbocycles. The average molecular weight is 232 g/mol. The Morgan fingerprint density at radius 1 is 1.19 bits per heavy atom. The summed E-state index contributed by atoms with van der Waals surface area (Å²) in [4.78, 5) is 0. The summed E-state index contributed by atoms with van der Waals surface area (Å²) in [5.74, 6) is -0.00676. The van der Waals surface area contributed by atoms with E-state index in [2.05, 4.69) is 6.92 Å². The van der Waals surface area contributed by atoms with Crippen molar-refractivity contribution >= 4 is 0 Å². The monoisotopic (exact) mass is 232 g/mol. The molecule has 1 aliphatic heterocycles. The van der Waals surface area contributed by atoms with Crippen LogP contribution >= 0.6 is 0 Å². The normalized spacial score (nSPS) is 39.9. The van der Waals surface area contributed by atoms with E-state index >= 15 is 0 Å². The summed E-state index contributed by atoms with van der Waals surface area (Å²) in [6, 6.07) is 0. The van der Waals surface area contributed by atoms with Gasteiger partial charge in [-0.05, 0) is 20.3 Å². The summed E-state index contributed by atoms with van der Waals surface area (Å²) >= 11 is 0. The maximum atomic E-state index is 9.42. The fraction of sp³-hybridized carbons (Fsp3) is 1.00. The van der Waals surface area contributed by atoms with Gasteiger partial charge in [0.25, 0.3) is 0 Å². The van der Waals surface area contributed by atoms with E-state index in [4.69, 9.17) is 14.2 Å². The Morgan fingerprint density at radius 3 is 2.38 bits per heavy atom. The van der Waals surface area contributed by atoms with Crippen LogP contribution in [-0.2, 0) is 14.2 Å². The van der Waals surface area contributed by atoms with Gasteiger partial charge in [0.2, 0.25) is 0 Å². The van der Waals surface area contributed by atoms with Crippen molar-refractivity contribution in [2.24, 2.45) is 5.92 Å². The first kappa shape index (κ1) is 13.9. The molecule has 0 spiro atoms. The molecule has 96 valence electrons. The van der Waals surface area contributed by atoms with E-state index in [1.54, 1.807) is 7.11 Å². The minimum atomic E-state index is -0.0973. The molecule has 4 nitrogen and oxygen atoms in total. The highest BCUT2D eigenvalue weighted by molar-refractivity contribution is 4.90. The van der Waals surface area contributed by atoms with Crippen LogP contribution in [0, 0.1) is 5.92 Å². The highest BCUT2D eigenvalue weighted by Crippen LogP contribution is 2.29. The SMILES string of the molecule is CCCO[C@@H]1[C@@H](OC)[C@H](C)OC(C)[C@@H]1CO.